The molecule has 0 aliphatic rings. The molecule has 0 radical (unpaired) electrons. The topological polar surface area (TPSA) is 72.0 Å². The van der Waals surface area contributed by atoms with Crippen LogP contribution in [0.4, 0.5) is 5.69 Å². The van der Waals surface area contributed by atoms with Crippen molar-refractivity contribution in [2.75, 3.05) is 11.9 Å². The average molecular weight is 404 g/mol. The molecule has 0 unspecified atom stereocenters. The fourth-order valence-corrected chi connectivity index (χ4v) is 2.41. The van der Waals surface area contributed by atoms with E-state index in [4.69, 9.17) is 21.1 Å². The monoisotopic (exact) mass is 403 g/mol. The lowest BCUT2D eigenvalue weighted by Crippen LogP contribution is -2.25. The molecule has 2 aromatic rings. The van der Waals surface area contributed by atoms with E-state index in [1.54, 1.807) is 30.5 Å². The first-order valence-corrected chi connectivity index (χ1v) is 9.50. The number of ether oxygens (including phenoxy) is 2. The molecule has 7 heteroatoms. The van der Waals surface area contributed by atoms with Crippen LogP contribution in [0.5, 0.6) is 11.5 Å². The van der Waals surface area contributed by atoms with E-state index in [2.05, 4.69) is 15.8 Å². The van der Waals surface area contributed by atoms with Gasteiger partial charge in [-0.3, -0.25) is 4.79 Å². The minimum Gasteiger partial charge on any atom is -0.491 e. The summed E-state index contributed by atoms with van der Waals surface area (Å²) in [5.41, 5.74) is 4.04. The zero-order chi connectivity index (χ0) is 20.5. The van der Waals surface area contributed by atoms with Crippen molar-refractivity contribution in [3.8, 4) is 11.5 Å². The van der Waals surface area contributed by atoms with Gasteiger partial charge in [-0.1, -0.05) is 11.6 Å². The number of hydrogen-bond acceptors (Lipinski definition) is 5. The van der Waals surface area contributed by atoms with Gasteiger partial charge in [0.1, 0.15) is 11.5 Å². The zero-order valence-corrected chi connectivity index (χ0v) is 17.3. The van der Waals surface area contributed by atoms with Gasteiger partial charge in [-0.15, -0.1) is 0 Å². The van der Waals surface area contributed by atoms with Gasteiger partial charge in [0.2, 0.25) is 0 Å². The van der Waals surface area contributed by atoms with Crippen molar-refractivity contribution in [2.45, 2.75) is 39.9 Å². The highest BCUT2D eigenvalue weighted by molar-refractivity contribution is 6.30. The molecule has 0 spiro atoms. The summed E-state index contributed by atoms with van der Waals surface area (Å²) in [7, 11) is 0. The highest BCUT2D eigenvalue weighted by Crippen LogP contribution is 2.25. The molecular formula is C21H26ClN3O3. The van der Waals surface area contributed by atoms with Crippen LogP contribution in [0.2, 0.25) is 5.02 Å². The lowest BCUT2D eigenvalue weighted by Gasteiger charge is -2.15. The van der Waals surface area contributed by atoms with Gasteiger partial charge in [-0.25, -0.2) is 5.43 Å². The van der Waals surface area contributed by atoms with Gasteiger partial charge in [-0.2, -0.15) is 5.10 Å². The van der Waals surface area contributed by atoms with Gasteiger partial charge in [0.25, 0.3) is 5.91 Å². The van der Waals surface area contributed by atoms with Crippen LogP contribution in [0.3, 0.4) is 0 Å². The number of hydrazone groups is 1. The van der Waals surface area contributed by atoms with Crippen LogP contribution in [0.15, 0.2) is 47.6 Å². The van der Waals surface area contributed by atoms with Gasteiger partial charge in [-0.05, 0) is 64.1 Å². The normalized spacial score (nSPS) is 11.1. The maximum absolute atomic E-state index is 11.9. The number of halogens is 1. The van der Waals surface area contributed by atoms with Crippen LogP contribution in [0, 0.1) is 0 Å². The molecule has 2 aromatic carbocycles. The predicted molar refractivity (Wildman–Crippen MR) is 114 cm³/mol. The Hall–Kier alpha value is -2.73. The van der Waals surface area contributed by atoms with E-state index in [0.29, 0.717) is 10.8 Å². The Morgan fingerprint density at radius 2 is 1.75 bits per heavy atom. The lowest BCUT2D eigenvalue weighted by atomic mass is 10.2. The summed E-state index contributed by atoms with van der Waals surface area (Å²) in [6, 6.07) is 12.6. The standard InChI is InChI=1S/C21H26ClN3O3/c1-14(2)27-19-10-5-16(20(11-19)28-15(3)4)12-24-25-21(26)13-23-18-8-6-17(22)7-9-18/h5-12,14-15,23H,13H2,1-4H3,(H,25,26)/b24-12-. The first kappa shape index (κ1) is 21.6. The van der Waals surface area contributed by atoms with Crippen molar-refractivity contribution >= 4 is 29.4 Å². The molecule has 0 bridgehead atoms. The smallest absolute Gasteiger partial charge is 0.259 e. The molecule has 0 aliphatic heterocycles. The summed E-state index contributed by atoms with van der Waals surface area (Å²) in [4.78, 5) is 11.9. The number of nitrogens with zero attached hydrogens (tertiary/aromatic N) is 1. The fourth-order valence-electron chi connectivity index (χ4n) is 2.29. The van der Waals surface area contributed by atoms with E-state index >= 15 is 0 Å². The molecule has 0 heterocycles. The lowest BCUT2D eigenvalue weighted by molar-refractivity contribution is -0.119. The predicted octanol–water partition coefficient (Wildman–Crippen LogP) is 4.48. The number of nitrogens with one attached hydrogen (secondary N) is 2. The highest BCUT2D eigenvalue weighted by Gasteiger charge is 2.08. The second-order valence-corrected chi connectivity index (χ2v) is 7.12. The SMILES string of the molecule is CC(C)Oc1ccc(/C=N\NC(=O)CNc2ccc(Cl)cc2)c(OC(C)C)c1. The van der Waals surface area contributed by atoms with Crippen molar-refractivity contribution in [3.05, 3.63) is 53.1 Å². The average Bonchev–Trinajstić information content (AvgIpc) is 2.62. The van der Waals surface area contributed by atoms with Crippen LogP contribution >= 0.6 is 11.6 Å². The molecule has 0 saturated heterocycles. The molecule has 2 N–H and O–H groups in total. The summed E-state index contributed by atoms with van der Waals surface area (Å²) in [5, 5.41) is 7.66. The van der Waals surface area contributed by atoms with E-state index in [1.807, 2.05) is 45.9 Å². The Morgan fingerprint density at radius 3 is 2.39 bits per heavy atom. The summed E-state index contributed by atoms with van der Waals surface area (Å²) >= 11 is 5.84. The molecule has 0 aliphatic carbocycles. The molecule has 0 fully saturated rings. The number of hydrogen-bond donors (Lipinski definition) is 2. The van der Waals surface area contributed by atoms with E-state index in [1.165, 1.54) is 0 Å². The molecule has 150 valence electrons. The van der Waals surface area contributed by atoms with E-state index in [0.717, 1.165) is 17.0 Å². The Labute approximate surface area is 170 Å². The Morgan fingerprint density at radius 1 is 1.07 bits per heavy atom. The van der Waals surface area contributed by atoms with Gasteiger partial charge in [0.05, 0.1) is 25.0 Å². The molecule has 0 aromatic heterocycles. The highest BCUT2D eigenvalue weighted by atomic mass is 35.5. The number of rotatable bonds is 9. The second-order valence-electron chi connectivity index (χ2n) is 6.69. The minimum atomic E-state index is -0.266. The second kappa shape index (κ2) is 10.6. The van der Waals surface area contributed by atoms with Gasteiger partial charge in [0.15, 0.2) is 0 Å². The summed E-state index contributed by atoms with van der Waals surface area (Å²) in [6.45, 7) is 7.91. The molecular weight excluding hydrogens is 378 g/mol. The Kier molecular flexibility index (Phi) is 8.14. The van der Waals surface area contributed by atoms with Crippen molar-refractivity contribution < 1.29 is 14.3 Å². The van der Waals surface area contributed by atoms with Gasteiger partial charge >= 0.3 is 0 Å². The van der Waals surface area contributed by atoms with Crippen LogP contribution in [-0.4, -0.2) is 30.9 Å². The molecule has 1 amide bonds. The number of anilines is 1. The first-order chi connectivity index (χ1) is 13.3. The largest absolute Gasteiger partial charge is 0.491 e. The van der Waals surface area contributed by atoms with Crippen molar-refractivity contribution in [1.29, 1.82) is 0 Å². The van der Waals surface area contributed by atoms with Crippen molar-refractivity contribution in [1.82, 2.24) is 5.43 Å². The van der Waals surface area contributed by atoms with Crippen molar-refractivity contribution in [3.63, 3.8) is 0 Å². The first-order valence-electron chi connectivity index (χ1n) is 9.12. The summed E-state index contributed by atoms with van der Waals surface area (Å²) in [6.07, 6.45) is 1.62. The number of amides is 1. The van der Waals surface area contributed by atoms with Gasteiger partial charge < -0.3 is 14.8 Å². The van der Waals surface area contributed by atoms with Crippen molar-refractivity contribution in [2.24, 2.45) is 5.10 Å². The number of carbonyl (C=O) groups is 1. The summed E-state index contributed by atoms with van der Waals surface area (Å²) < 4.78 is 11.5. The minimum absolute atomic E-state index is 0.000355. The fraction of sp³-hybridized carbons (Fsp3) is 0.333. The van der Waals surface area contributed by atoms with Crippen LogP contribution in [0.25, 0.3) is 0 Å². The third-order valence-electron chi connectivity index (χ3n) is 3.41. The third-order valence-corrected chi connectivity index (χ3v) is 3.66. The number of benzene rings is 2. The third kappa shape index (κ3) is 7.48. The maximum atomic E-state index is 11.9. The van der Waals surface area contributed by atoms with Crippen LogP contribution in [0.1, 0.15) is 33.3 Å². The van der Waals surface area contributed by atoms with E-state index in [9.17, 15) is 4.79 Å². The molecule has 28 heavy (non-hydrogen) atoms. The Bertz CT molecular complexity index is 805. The molecule has 0 saturated carbocycles. The zero-order valence-electron chi connectivity index (χ0n) is 16.5. The van der Waals surface area contributed by atoms with Crippen LogP contribution < -0.4 is 20.2 Å². The quantitative estimate of drug-likeness (QED) is 0.478. The number of carbonyl (C=O) groups excluding carboxylic acids is 1. The van der Waals surface area contributed by atoms with E-state index < -0.39 is 0 Å². The molecule has 2 rings (SSSR count). The Balaban J connectivity index is 1.95. The maximum Gasteiger partial charge on any atom is 0.259 e. The van der Waals surface area contributed by atoms with E-state index in [-0.39, 0.29) is 24.7 Å². The van der Waals surface area contributed by atoms with Crippen LogP contribution in [-0.2, 0) is 4.79 Å². The molecule has 0 atom stereocenters. The summed E-state index contributed by atoms with van der Waals surface area (Å²) in [5.74, 6) is 1.10. The molecule has 6 nitrogen and oxygen atoms in total. The van der Waals surface area contributed by atoms with Gasteiger partial charge in [0, 0.05) is 22.3 Å².